The van der Waals surface area contributed by atoms with E-state index in [2.05, 4.69) is 19.1 Å². The van der Waals surface area contributed by atoms with Crippen molar-refractivity contribution in [2.75, 3.05) is 0 Å². The molecule has 2 nitrogen and oxygen atoms in total. The molecule has 82 valence electrons. The molecule has 0 heterocycles. The van der Waals surface area contributed by atoms with Gasteiger partial charge in [-0.3, -0.25) is 0 Å². The van der Waals surface area contributed by atoms with Crippen LogP contribution >= 0.6 is 0 Å². The average Bonchev–Trinajstić information content (AvgIpc) is 2.27. The summed E-state index contributed by atoms with van der Waals surface area (Å²) in [4.78, 5) is 0. The van der Waals surface area contributed by atoms with Crippen molar-refractivity contribution in [3.05, 3.63) is 29.8 Å². The molecule has 0 saturated heterocycles. The molecule has 1 rings (SSSR count). The Morgan fingerprint density at radius 3 is 2.47 bits per heavy atom. The topological polar surface area (TPSA) is 29.5 Å². The fourth-order valence-electron chi connectivity index (χ4n) is 1.58. The Morgan fingerprint density at radius 1 is 1.13 bits per heavy atom. The van der Waals surface area contributed by atoms with E-state index < -0.39 is 0 Å². The zero-order valence-electron chi connectivity index (χ0n) is 9.41. The molecule has 1 N–H and O–H groups in total. The second kappa shape index (κ2) is 7.35. The van der Waals surface area contributed by atoms with Gasteiger partial charge in [-0.25, -0.2) is 0 Å². The van der Waals surface area contributed by atoms with Gasteiger partial charge in [0.2, 0.25) is 0 Å². The van der Waals surface area contributed by atoms with Crippen LogP contribution < -0.4 is 4.65 Å². The van der Waals surface area contributed by atoms with Gasteiger partial charge in [0.15, 0.2) is 0 Å². The van der Waals surface area contributed by atoms with Gasteiger partial charge < -0.3 is 9.68 Å². The van der Waals surface area contributed by atoms with Crippen LogP contribution in [0.25, 0.3) is 0 Å². The van der Waals surface area contributed by atoms with E-state index in [0.717, 1.165) is 12.2 Å². The van der Waals surface area contributed by atoms with Crippen molar-refractivity contribution in [2.24, 2.45) is 0 Å². The first-order valence-electron chi connectivity index (χ1n) is 5.69. The van der Waals surface area contributed by atoms with Gasteiger partial charge in [0.05, 0.1) is 0 Å². The van der Waals surface area contributed by atoms with Gasteiger partial charge in [-0.05, 0) is 30.5 Å². The fourth-order valence-corrected chi connectivity index (χ4v) is 1.58. The number of benzene rings is 1. The van der Waals surface area contributed by atoms with Gasteiger partial charge in [-0.1, -0.05) is 38.3 Å². The summed E-state index contributed by atoms with van der Waals surface area (Å²) in [7, 11) is -0.254. The first kappa shape index (κ1) is 12.1. The molecule has 0 saturated carbocycles. The predicted molar refractivity (Wildman–Crippen MR) is 64.3 cm³/mol. The first-order valence-corrected chi connectivity index (χ1v) is 5.69. The molecule has 0 bridgehead atoms. The van der Waals surface area contributed by atoms with Gasteiger partial charge in [-0.2, -0.15) is 0 Å². The van der Waals surface area contributed by atoms with E-state index in [1.807, 2.05) is 12.1 Å². The molecule has 0 aliphatic heterocycles. The van der Waals surface area contributed by atoms with Gasteiger partial charge >= 0.3 is 7.69 Å². The second-order valence-electron chi connectivity index (χ2n) is 3.73. The summed E-state index contributed by atoms with van der Waals surface area (Å²) in [6, 6.07) is 7.95. The zero-order chi connectivity index (χ0) is 10.9. The molecule has 1 aromatic rings. The van der Waals surface area contributed by atoms with Gasteiger partial charge in [0, 0.05) is 0 Å². The number of hydrogen-bond donors (Lipinski definition) is 1. The summed E-state index contributed by atoms with van der Waals surface area (Å²) in [6.07, 6.45) is 6.31. The standard InChI is InChI=1S/C12H19BO2/c1-2-3-4-5-6-11-7-9-12(10-8-11)15-13-14/h7-10,13-14H,2-6H2,1H3. The van der Waals surface area contributed by atoms with E-state index in [9.17, 15) is 0 Å². The third kappa shape index (κ3) is 4.89. The molecule has 0 amide bonds. The van der Waals surface area contributed by atoms with Crippen LogP contribution in [-0.2, 0) is 6.42 Å². The Morgan fingerprint density at radius 2 is 1.87 bits per heavy atom. The lowest BCUT2D eigenvalue weighted by Gasteiger charge is -2.04. The number of unbranched alkanes of at least 4 members (excludes halogenated alkanes) is 3. The van der Waals surface area contributed by atoms with Crippen molar-refractivity contribution < 1.29 is 9.68 Å². The Labute approximate surface area is 92.6 Å². The summed E-state index contributed by atoms with van der Waals surface area (Å²) in [5, 5.41) is 8.57. The number of hydrogen-bond acceptors (Lipinski definition) is 2. The maximum Gasteiger partial charge on any atom is 0.504 e. The van der Waals surface area contributed by atoms with Crippen molar-refractivity contribution >= 4 is 7.69 Å². The number of aryl methyl sites for hydroxylation is 1. The summed E-state index contributed by atoms with van der Waals surface area (Å²) >= 11 is 0. The molecule has 0 radical (unpaired) electrons. The molecule has 0 aliphatic carbocycles. The highest BCUT2D eigenvalue weighted by Gasteiger charge is 1.95. The maximum absolute atomic E-state index is 8.57. The van der Waals surface area contributed by atoms with Crippen molar-refractivity contribution in [1.29, 1.82) is 0 Å². The summed E-state index contributed by atoms with van der Waals surface area (Å²) in [5.74, 6) is 0.731. The van der Waals surface area contributed by atoms with E-state index in [-0.39, 0.29) is 7.69 Å². The highest BCUT2D eigenvalue weighted by atomic mass is 16.5. The zero-order valence-corrected chi connectivity index (χ0v) is 9.41. The molecule has 0 atom stereocenters. The molecule has 3 heteroatoms. The summed E-state index contributed by atoms with van der Waals surface area (Å²) in [6.45, 7) is 2.22. The Bertz CT molecular complexity index is 259. The SMILES string of the molecule is CCCCCCc1ccc(OBO)cc1. The molecule has 0 spiro atoms. The van der Waals surface area contributed by atoms with Crippen LogP contribution in [0.1, 0.15) is 38.2 Å². The van der Waals surface area contributed by atoms with Crippen LogP contribution in [0, 0.1) is 0 Å². The first-order chi connectivity index (χ1) is 7.36. The molecular formula is C12H19BO2. The predicted octanol–water partition coefficient (Wildman–Crippen LogP) is 2.45. The molecule has 1 aromatic carbocycles. The van der Waals surface area contributed by atoms with Gasteiger partial charge in [0.25, 0.3) is 0 Å². The smallest absolute Gasteiger partial charge is 0.504 e. The highest BCUT2D eigenvalue weighted by molar-refractivity contribution is 6.17. The van der Waals surface area contributed by atoms with Crippen LogP contribution in [-0.4, -0.2) is 12.7 Å². The van der Waals surface area contributed by atoms with Crippen LogP contribution in [0.15, 0.2) is 24.3 Å². The lowest BCUT2D eigenvalue weighted by Crippen LogP contribution is -1.99. The second-order valence-corrected chi connectivity index (χ2v) is 3.73. The largest absolute Gasteiger partial charge is 0.539 e. The Kier molecular flexibility index (Phi) is 5.94. The van der Waals surface area contributed by atoms with E-state index >= 15 is 0 Å². The quantitative estimate of drug-likeness (QED) is 0.548. The lowest BCUT2D eigenvalue weighted by atomic mass is 10.1. The molecule has 0 unspecified atom stereocenters. The van der Waals surface area contributed by atoms with E-state index in [1.165, 1.54) is 31.2 Å². The maximum atomic E-state index is 8.57. The van der Waals surface area contributed by atoms with Crippen LogP contribution in [0.5, 0.6) is 5.75 Å². The third-order valence-electron chi connectivity index (χ3n) is 2.47. The summed E-state index contributed by atoms with van der Waals surface area (Å²) < 4.78 is 4.96. The molecule has 0 fully saturated rings. The Balaban J connectivity index is 2.29. The van der Waals surface area contributed by atoms with Crippen LogP contribution in [0.3, 0.4) is 0 Å². The fraction of sp³-hybridized carbons (Fsp3) is 0.500. The molecular weight excluding hydrogens is 187 g/mol. The average molecular weight is 206 g/mol. The van der Waals surface area contributed by atoms with E-state index in [1.54, 1.807) is 0 Å². The molecule has 0 aliphatic rings. The molecule has 15 heavy (non-hydrogen) atoms. The molecule has 0 aromatic heterocycles. The van der Waals surface area contributed by atoms with E-state index in [4.69, 9.17) is 9.68 Å². The van der Waals surface area contributed by atoms with Crippen molar-refractivity contribution in [1.82, 2.24) is 0 Å². The van der Waals surface area contributed by atoms with Crippen molar-refractivity contribution in [2.45, 2.75) is 39.0 Å². The van der Waals surface area contributed by atoms with Crippen molar-refractivity contribution in [3.8, 4) is 5.75 Å². The van der Waals surface area contributed by atoms with Crippen LogP contribution in [0.4, 0.5) is 0 Å². The Hall–Kier alpha value is -0.955. The minimum atomic E-state index is -0.254. The lowest BCUT2D eigenvalue weighted by molar-refractivity contribution is 0.453. The number of rotatable bonds is 7. The summed E-state index contributed by atoms with van der Waals surface area (Å²) in [5.41, 5.74) is 1.34. The van der Waals surface area contributed by atoms with Crippen LogP contribution in [0.2, 0.25) is 0 Å². The van der Waals surface area contributed by atoms with Gasteiger partial charge in [-0.15, -0.1) is 0 Å². The third-order valence-corrected chi connectivity index (χ3v) is 2.47. The highest BCUT2D eigenvalue weighted by Crippen LogP contribution is 2.13. The van der Waals surface area contributed by atoms with Crippen molar-refractivity contribution in [3.63, 3.8) is 0 Å². The van der Waals surface area contributed by atoms with E-state index in [0.29, 0.717) is 0 Å². The minimum absolute atomic E-state index is 0.254. The minimum Gasteiger partial charge on any atom is -0.539 e. The monoisotopic (exact) mass is 206 g/mol. The van der Waals surface area contributed by atoms with Gasteiger partial charge in [0.1, 0.15) is 5.75 Å². The normalized spacial score (nSPS) is 10.0.